The van der Waals surface area contributed by atoms with Gasteiger partial charge in [0.05, 0.1) is 24.2 Å². The number of carbonyl (C=O) groups is 2. The molecule has 6 rings (SSSR count). The maximum absolute atomic E-state index is 14.7. The van der Waals surface area contributed by atoms with Crippen LogP contribution in [-0.4, -0.2) is 94.5 Å². The number of nitrogens with one attached hydrogen (secondary N) is 2. The van der Waals surface area contributed by atoms with Crippen LogP contribution >= 0.6 is 0 Å². The Hall–Kier alpha value is -4.36. The summed E-state index contributed by atoms with van der Waals surface area (Å²) >= 11 is 0. The van der Waals surface area contributed by atoms with Gasteiger partial charge in [-0.15, -0.1) is 0 Å². The number of aromatic nitrogens is 4. The second-order valence-corrected chi connectivity index (χ2v) is 10.9. The summed E-state index contributed by atoms with van der Waals surface area (Å²) in [5, 5.41) is 11.8. The molecule has 2 aromatic heterocycles. The van der Waals surface area contributed by atoms with Gasteiger partial charge in [0.15, 0.2) is 5.82 Å². The number of piperazine rings is 1. The van der Waals surface area contributed by atoms with Gasteiger partial charge in [-0.3, -0.25) is 14.3 Å². The second kappa shape index (κ2) is 11.5. The lowest BCUT2D eigenvalue weighted by Crippen LogP contribution is -2.54. The monoisotopic (exact) mass is 576 g/mol. The molecule has 2 saturated heterocycles. The van der Waals surface area contributed by atoms with Crippen molar-refractivity contribution in [2.45, 2.75) is 25.9 Å². The van der Waals surface area contributed by atoms with E-state index in [0.717, 1.165) is 18.8 Å². The first-order valence-corrected chi connectivity index (χ1v) is 14.0. The summed E-state index contributed by atoms with van der Waals surface area (Å²) in [7, 11) is 1.71. The van der Waals surface area contributed by atoms with Gasteiger partial charge >= 0.3 is 6.01 Å². The summed E-state index contributed by atoms with van der Waals surface area (Å²) in [6.07, 6.45) is 3.36. The van der Waals surface area contributed by atoms with Crippen LogP contribution in [0.15, 0.2) is 36.7 Å². The number of hydrogen-bond donors (Lipinski definition) is 2. The number of fused-ring (bicyclic) bond motifs is 2. The summed E-state index contributed by atoms with van der Waals surface area (Å²) in [6.45, 7) is 7.43. The topological polar surface area (TPSA) is 127 Å². The van der Waals surface area contributed by atoms with Crippen molar-refractivity contribution in [3.8, 4) is 6.01 Å². The Bertz CT molecular complexity index is 1650. The van der Waals surface area contributed by atoms with E-state index in [0.29, 0.717) is 47.2 Å². The molecule has 2 atom stereocenters. The predicted molar refractivity (Wildman–Crippen MR) is 155 cm³/mol. The first-order valence-electron chi connectivity index (χ1n) is 14.0. The fourth-order valence-corrected chi connectivity index (χ4v) is 5.66. The molecule has 2 aromatic carbocycles. The first kappa shape index (κ1) is 27.8. The molecule has 0 spiro atoms. The third-order valence-corrected chi connectivity index (χ3v) is 7.46. The van der Waals surface area contributed by atoms with Crippen LogP contribution in [0.3, 0.4) is 0 Å². The van der Waals surface area contributed by atoms with Crippen LogP contribution in [0.25, 0.3) is 21.8 Å². The van der Waals surface area contributed by atoms with Crippen molar-refractivity contribution in [2.75, 3.05) is 56.2 Å². The molecular formula is C29H33FN8O4. The van der Waals surface area contributed by atoms with Crippen LogP contribution in [0.5, 0.6) is 6.01 Å². The van der Waals surface area contributed by atoms with Crippen LogP contribution in [0.2, 0.25) is 0 Å². The van der Waals surface area contributed by atoms with Gasteiger partial charge in [-0.05, 0) is 38.1 Å². The van der Waals surface area contributed by atoms with E-state index in [1.54, 1.807) is 36.5 Å². The summed E-state index contributed by atoms with van der Waals surface area (Å²) in [6, 6.07) is 7.21. The van der Waals surface area contributed by atoms with Crippen LogP contribution in [-0.2, 0) is 16.6 Å². The van der Waals surface area contributed by atoms with Gasteiger partial charge in [0.25, 0.3) is 5.91 Å². The Kier molecular flexibility index (Phi) is 7.60. The summed E-state index contributed by atoms with van der Waals surface area (Å²) in [5.41, 5.74) is 2.17. The molecule has 42 heavy (non-hydrogen) atoms. The molecule has 2 aliphatic heterocycles. The standard InChI is InChI=1S/C29H33FN8O4/c1-17-13-38(14-18(2)32-17)24-5-4-21(28(40)33-20-10-19-15-36(3)35-26(19)23(30)11-20)27-22(24)12-31-29(34-27)42-9-7-37-6-8-41-16-25(37)39/h4-5,10-12,15,17-18,32H,6-9,13-14,16H2,1-3H3,(H,33,40)/t17-,18-/m0/s1. The number of carbonyl (C=O) groups excluding carboxylic acids is 2. The zero-order valence-electron chi connectivity index (χ0n) is 23.8. The average Bonchev–Trinajstić information content (AvgIpc) is 3.33. The molecule has 2 N–H and O–H groups in total. The van der Waals surface area contributed by atoms with Gasteiger partial charge in [0.2, 0.25) is 5.91 Å². The van der Waals surface area contributed by atoms with E-state index in [1.165, 1.54) is 10.7 Å². The number of aryl methyl sites for hydroxylation is 1. The van der Waals surface area contributed by atoms with Crippen molar-refractivity contribution >= 4 is 45.0 Å². The van der Waals surface area contributed by atoms with Gasteiger partial charge < -0.3 is 29.9 Å². The Morgan fingerprint density at radius 2 is 2.02 bits per heavy atom. The highest BCUT2D eigenvalue weighted by molar-refractivity contribution is 6.14. The fourth-order valence-electron chi connectivity index (χ4n) is 5.66. The van der Waals surface area contributed by atoms with Crippen LogP contribution in [0.4, 0.5) is 15.8 Å². The number of ether oxygens (including phenoxy) is 2. The van der Waals surface area contributed by atoms with E-state index in [2.05, 4.69) is 44.4 Å². The number of amides is 2. The van der Waals surface area contributed by atoms with Crippen molar-refractivity contribution in [1.82, 2.24) is 30.0 Å². The Labute approximate surface area is 241 Å². The number of anilines is 2. The minimum Gasteiger partial charge on any atom is -0.462 e. The zero-order chi connectivity index (χ0) is 29.4. The highest BCUT2D eigenvalue weighted by Crippen LogP contribution is 2.31. The van der Waals surface area contributed by atoms with Gasteiger partial charge in [0, 0.05) is 73.3 Å². The van der Waals surface area contributed by atoms with Crippen molar-refractivity contribution < 1.29 is 23.5 Å². The lowest BCUT2D eigenvalue weighted by molar-refractivity contribution is -0.143. The van der Waals surface area contributed by atoms with Crippen molar-refractivity contribution in [3.63, 3.8) is 0 Å². The number of halogens is 1. The molecule has 0 saturated carbocycles. The molecule has 0 aliphatic carbocycles. The molecule has 4 aromatic rings. The third-order valence-electron chi connectivity index (χ3n) is 7.46. The predicted octanol–water partition coefficient (Wildman–Crippen LogP) is 2.33. The molecule has 2 amide bonds. The van der Waals surface area contributed by atoms with E-state index >= 15 is 0 Å². The van der Waals surface area contributed by atoms with Gasteiger partial charge in [0.1, 0.15) is 18.7 Å². The number of benzene rings is 2. The largest absolute Gasteiger partial charge is 0.462 e. The quantitative estimate of drug-likeness (QED) is 0.341. The summed E-state index contributed by atoms with van der Waals surface area (Å²) < 4.78 is 27.2. The molecule has 2 fully saturated rings. The average molecular weight is 577 g/mol. The first-order chi connectivity index (χ1) is 20.2. The van der Waals surface area contributed by atoms with E-state index in [4.69, 9.17) is 9.47 Å². The minimum absolute atomic E-state index is 0.0641. The maximum Gasteiger partial charge on any atom is 0.317 e. The highest BCUT2D eigenvalue weighted by Gasteiger charge is 2.25. The van der Waals surface area contributed by atoms with Crippen LogP contribution < -0.4 is 20.3 Å². The van der Waals surface area contributed by atoms with Crippen molar-refractivity contribution in [3.05, 3.63) is 48.0 Å². The van der Waals surface area contributed by atoms with E-state index in [-0.39, 0.29) is 42.7 Å². The number of morpholine rings is 1. The maximum atomic E-state index is 14.7. The molecule has 4 heterocycles. The zero-order valence-corrected chi connectivity index (χ0v) is 23.8. The minimum atomic E-state index is -0.526. The van der Waals surface area contributed by atoms with E-state index in [9.17, 15) is 14.0 Å². The molecule has 220 valence electrons. The SMILES string of the molecule is C[C@H]1CN(c2ccc(C(=O)Nc3cc(F)c4nn(C)cc4c3)c3nc(OCCN4CCOCC4=O)ncc23)C[C@H](C)N1. The highest BCUT2D eigenvalue weighted by atomic mass is 19.1. The number of nitrogens with zero attached hydrogens (tertiary/aromatic N) is 6. The fraction of sp³-hybridized carbons (Fsp3) is 0.414. The van der Waals surface area contributed by atoms with Crippen molar-refractivity contribution in [1.29, 1.82) is 0 Å². The van der Waals surface area contributed by atoms with Gasteiger partial charge in [-0.1, -0.05) is 0 Å². The number of hydrogen-bond acceptors (Lipinski definition) is 9. The Morgan fingerprint density at radius 3 is 2.81 bits per heavy atom. The van der Waals surface area contributed by atoms with Gasteiger partial charge in [-0.2, -0.15) is 10.1 Å². The Morgan fingerprint density at radius 1 is 1.21 bits per heavy atom. The Balaban J connectivity index is 1.31. The summed E-state index contributed by atoms with van der Waals surface area (Å²) in [5.74, 6) is -1.06. The van der Waals surface area contributed by atoms with Crippen LogP contribution in [0, 0.1) is 5.82 Å². The van der Waals surface area contributed by atoms with E-state index in [1.807, 2.05) is 6.07 Å². The van der Waals surface area contributed by atoms with Crippen LogP contribution in [0.1, 0.15) is 24.2 Å². The summed E-state index contributed by atoms with van der Waals surface area (Å²) in [4.78, 5) is 38.7. The normalized spacial score (nSPS) is 19.5. The smallest absolute Gasteiger partial charge is 0.317 e. The molecule has 0 bridgehead atoms. The molecule has 0 unspecified atom stereocenters. The van der Waals surface area contributed by atoms with Gasteiger partial charge in [-0.25, -0.2) is 9.37 Å². The van der Waals surface area contributed by atoms with E-state index < -0.39 is 11.7 Å². The third kappa shape index (κ3) is 5.70. The number of rotatable bonds is 7. The second-order valence-electron chi connectivity index (χ2n) is 10.9. The lowest BCUT2D eigenvalue weighted by Gasteiger charge is -2.38. The molecule has 13 heteroatoms. The molecule has 2 aliphatic rings. The van der Waals surface area contributed by atoms with Crippen molar-refractivity contribution in [2.24, 2.45) is 7.05 Å². The lowest BCUT2D eigenvalue weighted by atomic mass is 10.0. The molecule has 0 radical (unpaired) electrons. The molecule has 12 nitrogen and oxygen atoms in total. The molecular weight excluding hydrogens is 543 g/mol.